The number of hydrogen-bond acceptors (Lipinski definition) is 3. The first kappa shape index (κ1) is 14.5. The number of carbonyl (C=O) groups is 2. The van der Waals surface area contributed by atoms with Gasteiger partial charge in [0, 0.05) is 5.69 Å². The van der Waals surface area contributed by atoms with Crippen LogP contribution in [0.5, 0.6) is 0 Å². The van der Waals surface area contributed by atoms with Gasteiger partial charge in [-0.15, -0.1) is 0 Å². The molecule has 0 bridgehead atoms. The van der Waals surface area contributed by atoms with E-state index in [2.05, 4.69) is 10.6 Å². The Bertz CT molecular complexity index is 559. The molecule has 0 aromatic heterocycles. The zero-order valence-electron chi connectivity index (χ0n) is 10.9. The van der Waals surface area contributed by atoms with Crippen molar-refractivity contribution in [1.29, 1.82) is 5.26 Å². The lowest BCUT2D eigenvalue weighted by Gasteiger charge is -2.21. The van der Waals surface area contributed by atoms with Crippen LogP contribution in [0.3, 0.4) is 0 Å². The molecule has 0 spiro atoms. The minimum atomic E-state index is -1.37. The Labute approximate surface area is 111 Å². The largest absolute Gasteiger partial charge is 0.480 e. The predicted octanol–water partition coefficient (Wildman–Crippen LogP) is 1.85. The van der Waals surface area contributed by atoms with Crippen LogP contribution in [-0.2, 0) is 4.79 Å². The second-order valence-corrected chi connectivity index (χ2v) is 4.65. The van der Waals surface area contributed by atoms with Gasteiger partial charge >= 0.3 is 12.0 Å². The molecule has 2 amide bonds. The Hall–Kier alpha value is -2.55. The fourth-order valence-electron chi connectivity index (χ4n) is 1.32. The van der Waals surface area contributed by atoms with E-state index < -0.39 is 17.5 Å². The van der Waals surface area contributed by atoms with Crippen LogP contribution in [-0.4, -0.2) is 22.6 Å². The van der Waals surface area contributed by atoms with E-state index in [9.17, 15) is 9.59 Å². The second-order valence-electron chi connectivity index (χ2n) is 4.65. The number of aryl methyl sites for hydroxylation is 1. The van der Waals surface area contributed by atoms with Crippen LogP contribution in [0.2, 0.25) is 0 Å². The normalized spacial score (nSPS) is 10.4. The Morgan fingerprint density at radius 3 is 2.53 bits per heavy atom. The third kappa shape index (κ3) is 3.71. The van der Waals surface area contributed by atoms with E-state index in [0.29, 0.717) is 11.3 Å². The molecule has 0 radical (unpaired) electrons. The fourth-order valence-corrected chi connectivity index (χ4v) is 1.32. The van der Waals surface area contributed by atoms with Crippen molar-refractivity contribution >= 4 is 17.7 Å². The third-order valence-electron chi connectivity index (χ3n) is 2.58. The Balaban J connectivity index is 2.84. The smallest absolute Gasteiger partial charge is 0.328 e. The summed E-state index contributed by atoms with van der Waals surface area (Å²) in [6.45, 7) is 4.54. The van der Waals surface area contributed by atoms with E-state index in [1.165, 1.54) is 19.9 Å². The first-order valence-corrected chi connectivity index (χ1v) is 5.59. The molecule has 1 aromatic carbocycles. The zero-order chi connectivity index (χ0) is 14.6. The van der Waals surface area contributed by atoms with Crippen molar-refractivity contribution in [3.63, 3.8) is 0 Å². The maximum atomic E-state index is 11.7. The number of nitrogens with zero attached hydrogens (tertiary/aromatic N) is 1. The Kier molecular flexibility index (Phi) is 4.12. The minimum Gasteiger partial charge on any atom is -0.480 e. The van der Waals surface area contributed by atoms with Gasteiger partial charge in [-0.25, -0.2) is 9.59 Å². The van der Waals surface area contributed by atoms with Crippen LogP contribution < -0.4 is 10.6 Å². The van der Waals surface area contributed by atoms with Gasteiger partial charge in [0.05, 0.1) is 11.6 Å². The SMILES string of the molecule is Cc1ccc(C#N)cc1NC(=O)NC(C)(C)C(=O)O. The van der Waals surface area contributed by atoms with E-state index in [1.54, 1.807) is 19.1 Å². The molecule has 0 aliphatic rings. The standard InChI is InChI=1S/C13H15N3O3/c1-8-4-5-9(7-14)6-10(8)15-12(19)16-13(2,3)11(17)18/h4-6H,1-3H3,(H,17,18)(H2,15,16,19). The quantitative estimate of drug-likeness (QED) is 0.772. The molecule has 0 saturated heterocycles. The van der Waals surface area contributed by atoms with Crippen LogP contribution >= 0.6 is 0 Å². The Morgan fingerprint density at radius 1 is 1.37 bits per heavy atom. The van der Waals surface area contributed by atoms with Gasteiger partial charge in [0.15, 0.2) is 0 Å². The fraction of sp³-hybridized carbons (Fsp3) is 0.308. The van der Waals surface area contributed by atoms with E-state index >= 15 is 0 Å². The molecule has 1 rings (SSSR count). The third-order valence-corrected chi connectivity index (χ3v) is 2.58. The van der Waals surface area contributed by atoms with Crippen LogP contribution in [0, 0.1) is 18.3 Å². The summed E-state index contributed by atoms with van der Waals surface area (Å²) >= 11 is 0. The summed E-state index contributed by atoms with van der Waals surface area (Å²) in [7, 11) is 0. The summed E-state index contributed by atoms with van der Waals surface area (Å²) in [6.07, 6.45) is 0. The van der Waals surface area contributed by atoms with Crippen molar-refractivity contribution in [2.75, 3.05) is 5.32 Å². The van der Waals surface area contributed by atoms with E-state index in [1.807, 2.05) is 6.07 Å². The van der Waals surface area contributed by atoms with Gasteiger partial charge in [0.25, 0.3) is 0 Å². The van der Waals surface area contributed by atoms with Crippen molar-refractivity contribution in [3.05, 3.63) is 29.3 Å². The second kappa shape index (κ2) is 5.40. The lowest BCUT2D eigenvalue weighted by molar-refractivity contribution is -0.142. The number of nitriles is 1. The maximum Gasteiger partial charge on any atom is 0.328 e. The number of carboxylic acids is 1. The number of hydrogen-bond donors (Lipinski definition) is 3. The number of amides is 2. The molecule has 19 heavy (non-hydrogen) atoms. The summed E-state index contributed by atoms with van der Waals surface area (Å²) in [5.41, 5.74) is 0.295. The summed E-state index contributed by atoms with van der Waals surface area (Å²) in [5, 5.41) is 22.6. The highest BCUT2D eigenvalue weighted by Crippen LogP contribution is 2.16. The molecular weight excluding hydrogens is 246 g/mol. The molecule has 0 aliphatic carbocycles. The van der Waals surface area contributed by atoms with Crippen LogP contribution in [0.4, 0.5) is 10.5 Å². The molecule has 0 aliphatic heterocycles. The molecule has 0 fully saturated rings. The predicted molar refractivity (Wildman–Crippen MR) is 69.8 cm³/mol. The molecule has 1 aromatic rings. The molecule has 100 valence electrons. The first-order chi connectivity index (χ1) is 8.76. The number of benzene rings is 1. The van der Waals surface area contributed by atoms with Gasteiger partial charge in [-0.3, -0.25) is 0 Å². The number of anilines is 1. The summed E-state index contributed by atoms with van der Waals surface area (Å²) < 4.78 is 0. The number of rotatable bonds is 3. The molecule has 0 unspecified atom stereocenters. The van der Waals surface area contributed by atoms with Gasteiger partial charge < -0.3 is 15.7 Å². The van der Waals surface area contributed by atoms with Gasteiger partial charge in [-0.05, 0) is 38.5 Å². The highest BCUT2D eigenvalue weighted by atomic mass is 16.4. The van der Waals surface area contributed by atoms with Crippen molar-refractivity contribution in [3.8, 4) is 6.07 Å². The van der Waals surface area contributed by atoms with Crippen molar-refractivity contribution in [1.82, 2.24) is 5.32 Å². The zero-order valence-corrected chi connectivity index (χ0v) is 10.9. The van der Waals surface area contributed by atoms with Gasteiger partial charge in [-0.2, -0.15) is 5.26 Å². The number of carboxylic acid groups (broad SMARTS) is 1. The Morgan fingerprint density at radius 2 is 2.00 bits per heavy atom. The van der Waals surface area contributed by atoms with Crippen LogP contribution in [0.1, 0.15) is 25.0 Å². The average Bonchev–Trinajstić information content (AvgIpc) is 2.31. The molecule has 0 atom stereocenters. The highest BCUT2D eigenvalue weighted by Gasteiger charge is 2.28. The summed E-state index contributed by atoms with van der Waals surface area (Å²) in [6, 6.07) is 6.21. The number of carbonyl (C=O) groups excluding carboxylic acids is 1. The van der Waals surface area contributed by atoms with Crippen LogP contribution in [0.25, 0.3) is 0 Å². The van der Waals surface area contributed by atoms with Gasteiger partial charge in [0.1, 0.15) is 5.54 Å². The number of nitrogens with one attached hydrogen (secondary N) is 2. The maximum absolute atomic E-state index is 11.7. The monoisotopic (exact) mass is 261 g/mol. The molecular formula is C13H15N3O3. The number of aliphatic carboxylic acids is 1. The molecule has 0 heterocycles. The van der Waals surface area contributed by atoms with E-state index in [4.69, 9.17) is 10.4 Å². The van der Waals surface area contributed by atoms with Crippen molar-refractivity contribution in [2.24, 2.45) is 0 Å². The topological polar surface area (TPSA) is 102 Å². The van der Waals surface area contributed by atoms with E-state index in [0.717, 1.165) is 5.56 Å². The molecule has 3 N–H and O–H groups in total. The highest BCUT2D eigenvalue weighted by molar-refractivity contribution is 5.94. The molecule has 0 saturated carbocycles. The van der Waals surface area contributed by atoms with Crippen molar-refractivity contribution < 1.29 is 14.7 Å². The van der Waals surface area contributed by atoms with Crippen LogP contribution in [0.15, 0.2) is 18.2 Å². The summed E-state index contributed by atoms with van der Waals surface area (Å²) in [4.78, 5) is 22.6. The minimum absolute atomic E-state index is 0.415. The number of urea groups is 1. The van der Waals surface area contributed by atoms with Gasteiger partial charge in [0.2, 0.25) is 0 Å². The molecule has 6 nitrogen and oxygen atoms in total. The first-order valence-electron chi connectivity index (χ1n) is 5.59. The lowest BCUT2D eigenvalue weighted by Crippen LogP contribution is -2.51. The van der Waals surface area contributed by atoms with Crippen molar-refractivity contribution in [2.45, 2.75) is 26.3 Å². The van der Waals surface area contributed by atoms with Gasteiger partial charge in [-0.1, -0.05) is 6.07 Å². The summed E-state index contributed by atoms with van der Waals surface area (Å²) in [5.74, 6) is -1.13. The lowest BCUT2D eigenvalue weighted by atomic mass is 10.1. The van der Waals surface area contributed by atoms with E-state index in [-0.39, 0.29) is 0 Å². The average molecular weight is 261 g/mol. The molecule has 6 heteroatoms.